The summed E-state index contributed by atoms with van der Waals surface area (Å²) >= 11 is 0. The topological polar surface area (TPSA) is 29.1 Å². The van der Waals surface area contributed by atoms with Gasteiger partial charge < -0.3 is 5.32 Å². The second-order valence-corrected chi connectivity index (χ2v) is 1.49. The summed E-state index contributed by atoms with van der Waals surface area (Å²) in [5.74, 6) is -0.0719. The normalized spacial score (nSPS) is 9.44. The van der Waals surface area contributed by atoms with Gasteiger partial charge in [0.15, 0.2) is 0 Å². The first-order chi connectivity index (χ1) is 4.31. The van der Waals surface area contributed by atoms with Crippen molar-refractivity contribution in [2.24, 2.45) is 0 Å². The van der Waals surface area contributed by atoms with Crippen LogP contribution in [0.25, 0.3) is 0 Å². The molecule has 2 heteroatoms. The minimum atomic E-state index is -0.0719. The highest BCUT2D eigenvalue weighted by atomic mass is 16.1. The van der Waals surface area contributed by atoms with Crippen LogP contribution in [-0.2, 0) is 4.79 Å². The van der Waals surface area contributed by atoms with Crippen molar-refractivity contribution in [3.63, 3.8) is 0 Å². The summed E-state index contributed by atoms with van der Waals surface area (Å²) in [5, 5.41) is 2.61. The third-order valence-corrected chi connectivity index (χ3v) is 0.735. The van der Waals surface area contributed by atoms with Gasteiger partial charge in [0.2, 0.25) is 5.91 Å². The molecule has 0 aromatic heterocycles. The molecule has 0 unspecified atom stereocenters. The highest BCUT2D eigenvalue weighted by Gasteiger charge is 1.86. The molecule has 1 N–H and O–H groups in total. The Labute approximate surface area is 55.3 Å². The third-order valence-electron chi connectivity index (χ3n) is 0.735. The van der Waals surface area contributed by atoms with E-state index in [-0.39, 0.29) is 5.91 Å². The van der Waals surface area contributed by atoms with Gasteiger partial charge in [-0.05, 0) is 6.92 Å². The predicted octanol–water partition coefficient (Wildman–Crippen LogP) is 0.865. The second-order valence-electron chi connectivity index (χ2n) is 1.49. The molecule has 0 spiro atoms. The number of hydrogen-bond donors (Lipinski definition) is 1. The maximum absolute atomic E-state index is 10.6. The number of rotatable bonds is 3. The summed E-state index contributed by atoms with van der Waals surface area (Å²) in [7, 11) is 0. The molecular weight excluding hydrogens is 114 g/mol. The highest BCUT2D eigenvalue weighted by molar-refractivity contribution is 5.87. The van der Waals surface area contributed by atoms with E-state index in [1.54, 1.807) is 12.2 Å². The minimum Gasteiger partial charge on any atom is -0.353 e. The van der Waals surface area contributed by atoms with Crippen LogP contribution < -0.4 is 5.32 Å². The zero-order chi connectivity index (χ0) is 7.11. The molecule has 0 bridgehead atoms. The summed E-state index contributed by atoms with van der Waals surface area (Å²) in [6.45, 7) is 5.97. The Morgan fingerprint density at radius 2 is 2.44 bits per heavy atom. The van der Waals surface area contributed by atoms with E-state index in [0.29, 0.717) is 6.54 Å². The SMILES string of the molecule is C=C/C=C/C(=O)NCC. The minimum absolute atomic E-state index is 0.0719. The van der Waals surface area contributed by atoms with E-state index in [4.69, 9.17) is 0 Å². The fraction of sp³-hybridized carbons (Fsp3) is 0.286. The second kappa shape index (κ2) is 5.09. The molecule has 0 aromatic rings. The highest BCUT2D eigenvalue weighted by Crippen LogP contribution is 1.72. The van der Waals surface area contributed by atoms with Crippen molar-refractivity contribution >= 4 is 5.91 Å². The van der Waals surface area contributed by atoms with E-state index < -0.39 is 0 Å². The van der Waals surface area contributed by atoms with E-state index in [9.17, 15) is 4.79 Å². The van der Waals surface area contributed by atoms with Crippen LogP contribution in [0.5, 0.6) is 0 Å². The Morgan fingerprint density at radius 3 is 2.89 bits per heavy atom. The van der Waals surface area contributed by atoms with Gasteiger partial charge in [-0.25, -0.2) is 0 Å². The molecular formula is C7H11NO. The van der Waals surface area contributed by atoms with Gasteiger partial charge in [-0.2, -0.15) is 0 Å². The van der Waals surface area contributed by atoms with Crippen molar-refractivity contribution in [1.29, 1.82) is 0 Å². The zero-order valence-corrected chi connectivity index (χ0v) is 5.55. The molecule has 1 amide bonds. The largest absolute Gasteiger partial charge is 0.353 e. The van der Waals surface area contributed by atoms with Crippen LogP contribution in [-0.4, -0.2) is 12.5 Å². The summed E-state index contributed by atoms with van der Waals surface area (Å²) in [6.07, 6.45) is 4.61. The van der Waals surface area contributed by atoms with E-state index in [0.717, 1.165) is 0 Å². The molecule has 0 aliphatic carbocycles. The van der Waals surface area contributed by atoms with Crippen molar-refractivity contribution in [3.05, 3.63) is 24.8 Å². The molecule has 0 fully saturated rings. The van der Waals surface area contributed by atoms with Gasteiger partial charge >= 0.3 is 0 Å². The Bertz CT molecular complexity index is 127. The Morgan fingerprint density at radius 1 is 1.78 bits per heavy atom. The van der Waals surface area contributed by atoms with Crippen molar-refractivity contribution < 1.29 is 4.79 Å². The summed E-state index contributed by atoms with van der Waals surface area (Å²) in [5.41, 5.74) is 0. The fourth-order valence-electron chi connectivity index (χ4n) is 0.389. The monoisotopic (exact) mass is 125 g/mol. The van der Waals surface area contributed by atoms with Gasteiger partial charge in [0, 0.05) is 12.6 Å². The zero-order valence-electron chi connectivity index (χ0n) is 5.55. The maximum atomic E-state index is 10.6. The number of hydrogen-bond acceptors (Lipinski definition) is 1. The number of nitrogens with one attached hydrogen (secondary N) is 1. The lowest BCUT2D eigenvalue weighted by Crippen LogP contribution is -2.19. The van der Waals surface area contributed by atoms with Crippen molar-refractivity contribution in [2.75, 3.05) is 6.54 Å². The molecule has 0 rings (SSSR count). The lowest BCUT2D eigenvalue weighted by molar-refractivity contribution is -0.116. The Kier molecular flexibility index (Phi) is 4.50. The van der Waals surface area contributed by atoms with E-state index in [1.165, 1.54) is 6.08 Å². The number of carbonyl (C=O) groups excluding carboxylic acids is 1. The fourth-order valence-corrected chi connectivity index (χ4v) is 0.389. The van der Waals surface area contributed by atoms with Gasteiger partial charge in [0.1, 0.15) is 0 Å². The smallest absolute Gasteiger partial charge is 0.243 e. The van der Waals surface area contributed by atoms with Gasteiger partial charge in [-0.3, -0.25) is 4.79 Å². The molecule has 0 saturated heterocycles. The van der Waals surface area contributed by atoms with E-state index in [1.807, 2.05) is 6.92 Å². The van der Waals surface area contributed by atoms with E-state index in [2.05, 4.69) is 11.9 Å². The van der Waals surface area contributed by atoms with Gasteiger partial charge in [0.05, 0.1) is 0 Å². The van der Waals surface area contributed by atoms with Gasteiger partial charge in [-0.15, -0.1) is 0 Å². The lowest BCUT2D eigenvalue weighted by Gasteiger charge is -1.91. The van der Waals surface area contributed by atoms with Crippen LogP contribution >= 0.6 is 0 Å². The van der Waals surface area contributed by atoms with Crippen LogP contribution in [0.4, 0.5) is 0 Å². The van der Waals surface area contributed by atoms with Crippen molar-refractivity contribution in [2.45, 2.75) is 6.92 Å². The molecule has 50 valence electrons. The first-order valence-electron chi connectivity index (χ1n) is 2.88. The molecule has 0 aliphatic heterocycles. The number of carbonyl (C=O) groups is 1. The summed E-state index contributed by atoms with van der Waals surface area (Å²) < 4.78 is 0. The van der Waals surface area contributed by atoms with E-state index >= 15 is 0 Å². The van der Waals surface area contributed by atoms with Crippen LogP contribution in [0.1, 0.15) is 6.92 Å². The van der Waals surface area contributed by atoms with Crippen molar-refractivity contribution in [1.82, 2.24) is 5.32 Å². The summed E-state index contributed by atoms with van der Waals surface area (Å²) in [4.78, 5) is 10.6. The number of likely N-dealkylation sites (N-methyl/N-ethyl adjacent to an activating group) is 1. The number of allylic oxidation sites excluding steroid dienone is 2. The molecule has 9 heavy (non-hydrogen) atoms. The first kappa shape index (κ1) is 7.95. The predicted molar refractivity (Wildman–Crippen MR) is 38.0 cm³/mol. The lowest BCUT2D eigenvalue weighted by atomic mass is 10.4. The molecule has 2 nitrogen and oxygen atoms in total. The van der Waals surface area contributed by atoms with Crippen molar-refractivity contribution in [3.8, 4) is 0 Å². The quantitative estimate of drug-likeness (QED) is 0.440. The van der Waals surface area contributed by atoms with Crippen LogP contribution in [0.3, 0.4) is 0 Å². The van der Waals surface area contributed by atoms with Gasteiger partial charge in [0.25, 0.3) is 0 Å². The average molecular weight is 125 g/mol. The molecule has 0 heterocycles. The Balaban J connectivity index is 3.49. The number of amides is 1. The molecule has 0 atom stereocenters. The van der Waals surface area contributed by atoms with Crippen LogP contribution in [0.15, 0.2) is 24.8 Å². The average Bonchev–Trinajstić information content (AvgIpc) is 1.85. The van der Waals surface area contributed by atoms with Crippen LogP contribution in [0, 0.1) is 0 Å². The molecule has 0 aromatic carbocycles. The van der Waals surface area contributed by atoms with Gasteiger partial charge in [-0.1, -0.05) is 18.7 Å². The standard InChI is InChI=1S/C7H11NO/c1-3-5-6-7(9)8-4-2/h3,5-6H,1,4H2,2H3,(H,8,9)/b6-5+. The maximum Gasteiger partial charge on any atom is 0.243 e. The third kappa shape index (κ3) is 4.81. The Hall–Kier alpha value is -1.05. The molecule has 0 aliphatic rings. The summed E-state index contributed by atoms with van der Waals surface area (Å²) in [6, 6.07) is 0. The molecule has 0 radical (unpaired) electrons. The van der Waals surface area contributed by atoms with Crippen LogP contribution in [0.2, 0.25) is 0 Å². The molecule has 0 saturated carbocycles. The first-order valence-corrected chi connectivity index (χ1v) is 2.88.